The first kappa shape index (κ1) is 18.6. The fourth-order valence-corrected chi connectivity index (χ4v) is 3.89. The fraction of sp³-hybridized carbons (Fsp3) is 0.389. The number of rotatable bonds is 3. The maximum absolute atomic E-state index is 14.1. The van der Waals surface area contributed by atoms with Crippen LogP contribution in [0, 0.1) is 6.92 Å². The normalized spacial score (nSPS) is 19.8. The number of carbonyl (C=O) groups is 1. The van der Waals surface area contributed by atoms with Gasteiger partial charge in [0.15, 0.2) is 5.01 Å². The van der Waals surface area contributed by atoms with Crippen LogP contribution in [0.2, 0.25) is 0 Å². The first-order chi connectivity index (χ1) is 13.5. The van der Waals surface area contributed by atoms with Crippen LogP contribution in [0.25, 0.3) is 21.5 Å². The van der Waals surface area contributed by atoms with Crippen LogP contribution < -0.4 is 10.6 Å². The van der Waals surface area contributed by atoms with Crippen molar-refractivity contribution in [1.82, 2.24) is 30.4 Å². The highest BCUT2D eigenvalue weighted by atomic mass is 32.1. The van der Waals surface area contributed by atoms with Crippen LogP contribution in [0.15, 0.2) is 24.5 Å². The molecule has 0 spiro atoms. The van der Waals surface area contributed by atoms with Gasteiger partial charge in [-0.2, -0.15) is 0 Å². The predicted molar refractivity (Wildman–Crippen MR) is 106 cm³/mol. The molecule has 146 valence electrons. The lowest BCUT2D eigenvalue weighted by molar-refractivity contribution is 0.126. The Hall–Kier alpha value is -2.72. The molecule has 0 radical (unpaired) electrons. The first-order valence-corrected chi connectivity index (χ1v) is 9.78. The number of fused-ring (bicyclic) bond motifs is 1. The van der Waals surface area contributed by atoms with Crippen LogP contribution in [0.3, 0.4) is 0 Å². The Morgan fingerprint density at radius 3 is 2.79 bits per heavy atom. The van der Waals surface area contributed by atoms with E-state index in [4.69, 9.17) is 0 Å². The van der Waals surface area contributed by atoms with Crippen molar-refractivity contribution >= 4 is 34.0 Å². The molecule has 10 heteroatoms. The number of pyridine rings is 2. The van der Waals surface area contributed by atoms with Crippen molar-refractivity contribution in [2.24, 2.45) is 0 Å². The number of hydrogen-bond acceptors (Lipinski definition) is 7. The van der Waals surface area contributed by atoms with E-state index in [0.29, 0.717) is 18.8 Å². The molecule has 2 atom stereocenters. The summed E-state index contributed by atoms with van der Waals surface area (Å²) in [5, 5.41) is 17.2. The summed E-state index contributed by atoms with van der Waals surface area (Å²) in [6, 6.07) is 3.11. The van der Waals surface area contributed by atoms with E-state index in [1.165, 1.54) is 16.2 Å². The van der Waals surface area contributed by atoms with Crippen molar-refractivity contribution in [2.75, 3.05) is 25.5 Å². The lowest BCUT2D eigenvalue weighted by Gasteiger charge is -2.34. The Bertz CT molecular complexity index is 1010. The smallest absolute Gasteiger partial charge is 0.321 e. The maximum Gasteiger partial charge on any atom is 0.323 e. The number of aryl methyl sites for hydroxylation is 1. The largest absolute Gasteiger partial charge is 0.323 e. The van der Waals surface area contributed by atoms with E-state index in [1.807, 2.05) is 13.0 Å². The topological polar surface area (TPSA) is 95.9 Å². The summed E-state index contributed by atoms with van der Waals surface area (Å²) in [4.78, 5) is 22.6. The SMILES string of the molecule is CN[C@H]1CCN(C(=O)Nc2cc3cc(-c4nnc(C)s4)ncc3cn2)C[C@@H]1F. The lowest BCUT2D eigenvalue weighted by atomic mass is 10.0. The average Bonchev–Trinajstić information content (AvgIpc) is 3.13. The Kier molecular flexibility index (Phi) is 5.14. The van der Waals surface area contributed by atoms with Crippen LogP contribution in [-0.4, -0.2) is 63.4 Å². The molecule has 3 aromatic rings. The highest BCUT2D eigenvalue weighted by Crippen LogP contribution is 2.25. The van der Waals surface area contributed by atoms with Gasteiger partial charge in [0, 0.05) is 30.4 Å². The van der Waals surface area contributed by atoms with Gasteiger partial charge in [-0.15, -0.1) is 10.2 Å². The maximum atomic E-state index is 14.1. The van der Waals surface area contributed by atoms with E-state index in [2.05, 4.69) is 30.8 Å². The molecule has 4 rings (SSSR count). The third kappa shape index (κ3) is 3.78. The number of nitrogens with zero attached hydrogens (tertiary/aromatic N) is 5. The molecule has 2 N–H and O–H groups in total. The molecule has 1 fully saturated rings. The number of hydrogen-bond donors (Lipinski definition) is 2. The second-order valence-electron chi connectivity index (χ2n) is 6.69. The van der Waals surface area contributed by atoms with Gasteiger partial charge in [0.25, 0.3) is 0 Å². The van der Waals surface area contributed by atoms with Crippen molar-refractivity contribution in [3.05, 3.63) is 29.5 Å². The Morgan fingerprint density at radius 1 is 1.25 bits per heavy atom. The van der Waals surface area contributed by atoms with E-state index in [0.717, 1.165) is 26.5 Å². The molecule has 8 nitrogen and oxygen atoms in total. The monoisotopic (exact) mass is 401 g/mol. The Labute approximate surface area is 165 Å². The number of halogens is 1. The van der Waals surface area contributed by atoms with Gasteiger partial charge in [-0.1, -0.05) is 11.3 Å². The number of aromatic nitrogens is 4. The minimum atomic E-state index is -1.09. The molecule has 1 aliphatic heterocycles. The van der Waals surface area contributed by atoms with Gasteiger partial charge in [0.05, 0.1) is 6.54 Å². The van der Waals surface area contributed by atoms with Gasteiger partial charge in [-0.25, -0.2) is 14.2 Å². The van der Waals surface area contributed by atoms with Gasteiger partial charge in [-0.05, 0) is 37.9 Å². The van der Waals surface area contributed by atoms with Gasteiger partial charge < -0.3 is 10.2 Å². The van der Waals surface area contributed by atoms with Gasteiger partial charge >= 0.3 is 6.03 Å². The number of piperidine rings is 1. The summed E-state index contributed by atoms with van der Waals surface area (Å²) in [6.07, 6.45) is 2.86. The fourth-order valence-electron chi connectivity index (χ4n) is 3.23. The number of anilines is 1. The molecule has 0 saturated carbocycles. The number of amides is 2. The summed E-state index contributed by atoms with van der Waals surface area (Å²) in [5.41, 5.74) is 0.719. The summed E-state index contributed by atoms with van der Waals surface area (Å²) in [6.45, 7) is 2.45. The Morgan fingerprint density at radius 2 is 2.07 bits per heavy atom. The third-order valence-corrected chi connectivity index (χ3v) is 5.64. The molecule has 28 heavy (non-hydrogen) atoms. The number of nitrogens with one attached hydrogen (secondary N) is 2. The molecule has 2 amide bonds. The molecule has 0 aromatic carbocycles. The highest BCUT2D eigenvalue weighted by Gasteiger charge is 2.30. The highest BCUT2D eigenvalue weighted by molar-refractivity contribution is 7.14. The molecule has 0 aliphatic carbocycles. The van der Waals surface area contributed by atoms with Gasteiger partial charge in [-0.3, -0.25) is 10.3 Å². The van der Waals surface area contributed by atoms with E-state index in [1.54, 1.807) is 25.5 Å². The van der Waals surface area contributed by atoms with Gasteiger partial charge in [0.1, 0.15) is 22.7 Å². The molecule has 0 bridgehead atoms. The molecular formula is C18H20FN7OS. The van der Waals surface area contributed by atoms with E-state index < -0.39 is 6.17 Å². The van der Waals surface area contributed by atoms with E-state index >= 15 is 0 Å². The second kappa shape index (κ2) is 7.72. The number of likely N-dealkylation sites (tertiary alicyclic amines) is 1. The minimum Gasteiger partial charge on any atom is -0.321 e. The quantitative estimate of drug-likeness (QED) is 0.700. The molecule has 1 aliphatic rings. The summed E-state index contributed by atoms with van der Waals surface area (Å²) in [5.74, 6) is 0.411. The molecule has 0 unspecified atom stereocenters. The summed E-state index contributed by atoms with van der Waals surface area (Å²) < 4.78 is 14.1. The molecular weight excluding hydrogens is 381 g/mol. The van der Waals surface area contributed by atoms with Crippen LogP contribution in [0.4, 0.5) is 15.0 Å². The van der Waals surface area contributed by atoms with E-state index in [-0.39, 0.29) is 18.6 Å². The summed E-state index contributed by atoms with van der Waals surface area (Å²) in [7, 11) is 1.73. The molecule has 3 aromatic heterocycles. The predicted octanol–water partition coefficient (Wildman–Crippen LogP) is 2.62. The standard InChI is InChI=1S/C18H20FN7OS/c1-10-24-25-17(28-10)15-5-11-6-16(22-8-12(11)7-21-15)23-18(27)26-4-3-14(20-2)13(19)9-26/h5-8,13-14,20H,3-4,9H2,1-2H3,(H,22,23,27)/t13-,14-/m0/s1. The van der Waals surface area contributed by atoms with Crippen LogP contribution in [-0.2, 0) is 0 Å². The number of carbonyl (C=O) groups excluding carboxylic acids is 1. The van der Waals surface area contributed by atoms with E-state index in [9.17, 15) is 9.18 Å². The minimum absolute atomic E-state index is 0.0649. The van der Waals surface area contributed by atoms with Crippen molar-refractivity contribution in [2.45, 2.75) is 25.6 Å². The third-order valence-electron chi connectivity index (χ3n) is 4.78. The average molecular weight is 401 g/mol. The van der Waals surface area contributed by atoms with Gasteiger partial charge in [0.2, 0.25) is 0 Å². The zero-order chi connectivity index (χ0) is 19.7. The lowest BCUT2D eigenvalue weighted by Crippen LogP contribution is -2.52. The van der Waals surface area contributed by atoms with Crippen molar-refractivity contribution in [1.29, 1.82) is 0 Å². The number of urea groups is 1. The molecule has 1 saturated heterocycles. The number of alkyl halides is 1. The van der Waals surface area contributed by atoms with Crippen molar-refractivity contribution < 1.29 is 9.18 Å². The Balaban J connectivity index is 1.51. The second-order valence-corrected chi connectivity index (χ2v) is 7.87. The van der Waals surface area contributed by atoms with Crippen molar-refractivity contribution in [3.8, 4) is 10.7 Å². The first-order valence-electron chi connectivity index (χ1n) is 8.97. The van der Waals surface area contributed by atoms with Crippen LogP contribution in [0.1, 0.15) is 11.4 Å². The van der Waals surface area contributed by atoms with Crippen LogP contribution >= 0.6 is 11.3 Å². The van der Waals surface area contributed by atoms with Crippen LogP contribution in [0.5, 0.6) is 0 Å². The zero-order valence-electron chi connectivity index (χ0n) is 15.5. The molecule has 4 heterocycles. The van der Waals surface area contributed by atoms with Crippen molar-refractivity contribution in [3.63, 3.8) is 0 Å². The summed E-state index contributed by atoms with van der Waals surface area (Å²) >= 11 is 1.47. The zero-order valence-corrected chi connectivity index (χ0v) is 16.3.